The Kier molecular flexibility index (Phi) is 2.87. The molecule has 13 heavy (non-hydrogen) atoms. The lowest BCUT2D eigenvalue weighted by Gasteiger charge is -2.08. The second kappa shape index (κ2) is 3.59. The fourth-order valence-electron chi connectivity index (χ4n) is 0.942. The predicted molar refractivity (Wildman–Crippen MR) is 55.2 cm³/mol. The highest BCUT2D eigenvalue weighted by Crippen LogP contribution is 2.33. The maximum Gasteiger partial charge on any atom is 0.131 e. The van der Waals surface area contributed by atoms with Gasteiger partial charge in [-0.15, -0.1) is 0 Å². The van der Waals surface area contributed by atoms with Gasteiger partial charge >= 0.3 is 0 Å². The number of aromatic nitrogens is 2. The third-order valence-electron chi connectivity index (χ3n) is 1.73. The molecule has 0 atom stereocenters. The van der Waals surface area contributed by atoms with Crippen molar-refractivity contribution in [3.8, 4) is 0 Å². The molecule has 3 nitrogen and oxygen atoms in total. The molecule has 1 aromatic rings. The molecule has 0 bridgehead atoms. The topological polar surface area (TPSA) is 42.9 Å². The molecule has 4 heteroatoms. The first-order valence-electron chi connectivity index (χ1n) is 4.30. The molecule has 0 radical (unpaired) electrons. The van der Waals surface area contributed by atoms with Crippen LogP contribution in [0.5, 0.6) is 0 Å². The summed E-state index contributed by atoms with van der Waals surface area (Å²) in [4.78, 5) is 8.39. The molecule has 0 fully saturated rings. The molecule has 0 aliphatic carbocycles. The van der Waals surface area contributed by atoms with Gasteiger partial charge in [0.1, 0.15) is 18.4 Å². The standard InChI is InChI=1S/C9H15N2OP/c1-7(2)9-10-6-5-8(11-9)13(3,4)12/h5-7H,1-4H3. The second-order valence-electron chi connectivity index (χ2n) is 3.78. The summed E-state index contributed by atoms with van der Waals surface area (Å²) in [6, 6.07) is 1.73. The van der Waals surface area contributed by atoms with Crippen molar-refractivity contribution in [2.75, 3.05) is 13.3 Å². The summed E-state index contributed by atoms with van der Waals surface area (Å²) in [6.45, 7) is 7.49. The van der Waals surface area contributed by atoms with Crippen LogP contribution in [-0.2, 0) is 4.57 Å². The van der Waals surface area contributed by atoms with Crippen LogP contribution in [0.25, 0.3) is 0 Å². The minimum absolute atomic E-state index is 0.284. The fraction of sp³-hybridized carbons (Fsp3) is 0.556. The molecule has 0 aliphatic rings. The van der Waals surface area contributed by atoms with E-state index in [2.05, 4.69) is 9.97 Å². The zero-order chi connectivity index (χ0) is 10.1. The Bertz CT molecular complexity index is 343. The zero-order valence-corrected chi connectivity index (χ0v) is 9.38. The van der Waals surface area contributed by atoms with Gasteiger partial charge in [0, 0.05) is 12.1 Å². The summed E-state index contributed by atoms with van der Waals surface area (Å²) in [7, 11) is -2.24. The van der Waals surface area contributed by atoms with Crippen molar-refractivity contribution in [2.45, 2.75) is 19.8 Å². The number of hydrogen-bond donors (Lipinski definition) is 0. The highest BCUT2D eigenvalue weighted by molar-refractivity contribution is 7.69. The molecule has 0 aliphatic heterocycles. The molecular weight excluding hydrogens is 183 g/mol. The summed E-state index contributed by atoms with van der Waals surface area (Å²) in [5, 5.41) is 0. The summed E-state index contributed by atoms with van der Waals surface area (Å²) in [5.74, 6) is 1.05. The predicted octanol–water partition coefficient (Wildman–Crippen LogP) is 1.85. The minimum atomic E-state index is -2.24. The second-order valence-corrected chi connectivity index (χ2v) is 6.94. The molecule has 0 saturated carbocycles. The Morgan fingerprint density at radius 1 is 1.38 bits per heavy atom. The van der Waals surface area contributed by atoms with Crippen LogP contribution in [0.15, 0.2) is 12.3 Å². The van der Waals surface area contributed by atoms with Crippen LogP contribution >= 0.6 is 7.14 Å². The van der Waals surface area contributed by atoms with Crippen LogP contribution in [0.2, 0.25) is 0 Å². The lowest BCUT2D eigenvalue weighted by Crippen LogP contribution is -2.12. The number of hydrogen-bond acceptors (Lipinski definition) is 3. The smallest absolute Gasteiger partial charge is 0.131 e. The van der Waals surface area contributed by atoms with Crippen LogP contribution in [0.1, 0.15) is 25.6 Å². The average molecular weight is 198 g/mol. The Labute approximate surface area is 79.0 Å². The van der Waals surface area contributed by atoms with Gasteiger partial charge in [-0.25, -0.2) is 9.97 Å². The van der Waals surface area contributed by atoms with Crippen molar-refractivity contribution in [2.24, 2.45) is 0 Å². The quantitative estimate of drug-likeness (QED) is 0.681. The van der Waals surface area contributed by atoms with E-state index >= 15 is 0 Å². The molecule has 0 spiro atoms. The maximum absolute atomic E-state index is 11.7. The maximum atomic E-state index is 11.7. The van der Waals surface area contributed by atoms with Crippen molar-refractivity contribution in [1.29, 1.82) is 0 Å². The van der Waals surface area contributed by atoms with Crippen molar-refractivity contribution in [1.82, 2.24) is 9.97 Å². The zero-order valence-electron chi connectivity index (χ0n) is 8.48. The van der Waals surface area contributed by atoms with E-state index in [1.807, 2.05) is 13.8 Å². The van der Waals surface area contributed by atoms with Crippen molar-refractivity contribution < 1.29 is 4.57 Å². The summed E-state index contributed by atoms with van der Waals surface area (Å²) < 4.78 is 11.7. The van der Waals surface area contributed by atoms with Crippen molar-refractivity contribution in [3.63, 3.8) is 0 Å². The third kappa shape index (κ3) is 2.63. The first kappa shape index (κ1) is 10.4. The highest BCUT2D eigenvalue weighted by Gasteiger charge is 2.14. The van der Waals surface area contributed by atoms with E-state index in [0.717, 1.165) is 5.82 Å². The Morgan fingerprint density at radius 3 is 2.46 bits per heavy atom. The molecule has 0 saturated heterocycles. The summed E-state index contributed by atoms with van der Waals surface area (Å²) >= 11 is 0. The lowest BCUT2D eigenvalue weighted by molar-refractivity contribution is 0.587. The molecule has 1 rings (SSSR count). The highest BCUT2D eigenvalue weighted by atomic mass is 31.2. The van der Waals surface area contributed by atoms with Crippen LogP contribution in [0.3, 0.4) is 0 Å². The molecule has 1 aromatic heterocycles. The van der Waals surface area contributed by atoms with Gasteiger partial charge in [0.05, 0.1) is 0 Å². The van der Waals surface area contributed by atoms with Gasteiger partial charge in [-0.1, -0.05) is 13.8 Å². The van der Waals surface area contributed by atoms with E-state index < -0.39 is 7.14 Å². The van der Waals surface area contributed by atoms with Gasteiger partial charge in [0.15, 0.2) is 0 Å². The lowest BCUT2D eigenvalue weighted by atomic mass is 10.2. The first-order valence-corrected chi connectivity index (χ1v) is 6.90. The van der Waals surface area contributed by atoms with E-state index in [9.17, 15) is 4.57 Å². The molecule has 1 heterocycles. The summed E-state index contributed by atoms with van der Waals surface area (Å²) in [5.41, 5.74) is 0.672. The molecule has 0 amide bonds. The molecular formula is C9H15N2OP. The van der Waals surface area contributed by atoms with Gasteiger partial charge in [0.2, 0.25) is 0 Å². The Balaban J connectivity index is 3.13. The number of nitrogens with zero attached hydrogens (tertiary/aromatic N) is 2. The van der Waals surface area contributed by atoms with Crippen LogP contribution < -0.4 is 5.44 Å². The Hall–Kier alpha value is -0.690. The largest absolute Gasteiger partial charge is 0.318 e. The van der Waals surface area contributed by atoms with E-state index in [1.54, 1.807) is 25.6 Å². The molecule has 0 unspecified atom stereocenters. The van der Waals surface area contributed by atoms with E-state index in [0.29, 0.717) is 5.44 Å². The van der Waals surface area contributed by atoms with Gasteiger partial charge in [-0.2, -0.15) is 0 Å². The van der Waals surface area contributed by atoms with Gasteiger partial charge in [-0.3, -0.25) is 0 Å². The van der Waals surface area contributed by atoms with Gasteiger partial charge < -0.3 is 4.57 Å². The molecule has 72 valence electrons. The van der Waals surface area contributed by atoms with E-state index in [-0.39, 0.29) is 5.92 Å². The van der Waals surface area contributed by atoms with Gasteiger partial charge in [0.25, 0.3) is 0 Å². The normalized spacial score (nSPS) is 12.1. The first-order chi connectivity index (χ1) is 5.91. The SMILES string of the molecule is CC(C)c1nccc(P(C)(C)=O)n1. The van der Waals surface area contributed by atoms with E-state index in [4.69, 9.17) is 0 Å². The van der Waals surface area contributed by atoms with Crippen LogP contribution in [-0.4, -0.2) is 23.3 Å². The minimum Gasteiger partial charge on any atom is -0.318 e. The van der Waals surface area contributed by atoms with Gasteiger partial charge in [-0.05, 0) is 19.4 Å². The summed E-state index contributed by atoms with van der Waals surface area (Å²) in [6.07, 6.45) is 1.68. The van der Waals surface area contributed by atoms with Crippen molar-refractivity contribution >= 4 is 12.6 Å². The van der Waals surface area contributed by atoms with E-state index in [1.165, 1.54) is 0 Å². The molecule has 0 aromatic carbocycles. The number of rotatable bonds is 2. The van der Waals surface area contributed by atoms with Crippen molar-refractivity contribution in [3.05, 3.63) is 18.1 Å². The monoisotopic (exact) mass is 198 g/mol. The Morgan fingerprint density at radius 2 is 2.00 bits per heavy atom. The van der Waals surface area contributed by atoms with Crippen LogP contribution in [0.4, 0.5) is 0 Å². The third-order valence-corrected chi connectivity index (χ3v) is 3.08. The average Bonchev–Trinajstić information content (AvgIpc) is 2.03. The fourth-order valence-corrected chi connectivity index (χ4v) is 1.71. The van der Waals surface area contributed by atoms with Crippen LogP contribution in [0, 0.1) is 0 Å². The molecule has 0 N–H and O–H groups in total.